The Kier molecular flexibility index (Phi) is 7.58. The maximum Gasteiger partial charge on any atom is 0.315 e. The molecule has 0 aromatic heterocycles. The van der Waals surface area contributed by atoms with E-state index in [2.05, 4.69) is 10.6 Å². The molecule has 0 aromatic rings. The van der Waals surface area contributed by atoms with Gasteiger partial charge in [-0.05, 0) is 27.2 Å². The summed E-state index contributed by atoms with van der Waals surface area (Å²) in [6.45, 7) is 5.00. The molecule has 0 spiro atoms. The van der Waals surface area contributed by atoms with Gasteiger partial charge in [-0.25, -0.2) is 4.79 Å². The van der Waals surface area contributed by atoms with Crippen LogP contribution < -0.4 is 10.6 Å². The molecule has 0 radical (unpaired) electrons. The van der Waals surface area contributed by atoms with Crippen molar-refractivity contribution in [3.63, 3.8) is 0 Å². The van der Waals surface area contributed by atoms with Crippen molar-refractivity contribution in [1.29, 1.82) is 0 Å². The van der Waals surface area contributed by atoms with Crippen LogP contribution in [0, 0.1) is 5.92 Å². The lowest BCUT2D eigenvalue weighted by atomic mass is 10.0. The molecule has 0 aliphatic rings. The minimum atomic E-state index is -0.947. The van der Waals surface area contributed by atoms with Gasteiger partial charge in [0.15, 0.2) is 0 Å². The van der Waals surface area contributed by atoms with E-state index in [9.17, 15) is 13.8 Å². The normalized spacial score (nSPS) is 17.3. The Balaban J connectivity index is 4.03. The lowest BCUT2D eigenvalue weighted by molar-refractivity contribution is -0.141. The first-order chi connectivity index (χ1) is 8.23. The summed E-state index contributed by atoms with van der Waals surface area (Å²) < 4.78 is 10.9. The van der Waals surface area contributed by atoms with Gasteiger partial charge in [0.2, 0.25) is 0 Å². The first-order valence-electron chi connectivity index (χ1n) is 5.84. The fraction of sp³-hybridized carbons (Fsp3) is 0.818. The van der Waals surface area contributed by atoms with Crippen LogP contribution in [0.2, 0.25) is 0 Å². The van der Waals surface area contributed by atoms with Crippen LogP contribution in [0.5, 0.6) is 0 Å². The summed E-state index contributed by atoms with van der Waals surface area (Å²) in [7, 11) is -0.875. The van der Waals surface area contributed by atoms with Gasteiger partial charge in [-0.1, -0.05) is 0 Å². The number of carboxylic acid groups (broad SMARTS) is 1. The van der Waals surface area contributed by atoms with Crippen LogP contribution in [0.3, 0.4) is 0 Å². The highest BCUT2D eigenvalue weighted by Crippen LogP contribution is 2.02. The monoisotopic (exact) mass is 278 g/mol. The number of carboxylic acids is 1. The lowest BCUT2D eigenvalue weighted by Gasteiger charge is -2.20. The maximum atomic E-state index is 11.5. The maximum absolute atomic E-state index is 11.5. The molecule has 6 nitrogen and oxygen atoms in total. The van der Waals surface area contributed by atoms with E-state index in [1.807, 2.05) is 6.92 Å². The first kappa shape index (κ1) is 16.9. The molecule has 106 valence electrons. The summed E-state index contributed by atoms with van der Waals surface area (Å²) >= 11 is 0. The molecular weight excluding hydrogens is 256 g/mol. The van der Waals surface area contributed by atoms with E-state index < -0.39 is 34.8 Å². The summed E-state index contributed by atoms with van der Waals surface area (Å²) in [5, 5.41) is 14.0. The highest BCUT2D eigenvalue weighted by molar-refractivity contribution is 7.84. The van der Waals surface area contributed by atoms with Crippen LogP contribution in [0.25, 0.3) is 0 Å². The zero-order chi connectivity index (χ0) is 14.3. The number of hydrogen-bond donors (Lipinski definition) is 3. The van der Waals surface area contributed by atoms with E-state index in [-0.39, 0.29) is 6.04 Å². The second-order valence-electron chi connectivity index (χ2n) is 4.50. The van der Waals surface area contributed by atoms with Crippen molar-refractivity contribution in [2.75, 3.05) is 12.0 Å². The fourth-order valence-electron chi connectivity index (χ4n) is 1.23. The largest absolute Gasteiger partial charge is 0.481 e. The highest BCUT2D eigenvalue weighted by Gasteiger charge is 2.21. The molecule has 18 heavy (non-hydrogen) atoms. The van der Waals surface area contributed by atoms with Crippen molar-refractivity contribution in [2.45, 2.75) is 39.3 Å². The second kappa shape index (κ2) is 8.07. The van der Waals surface area contributed by atoms with Gasteiger partial charge in [-0.15, -0.1) is 0 Å². The van der Waals surface area contributed by atoms with Crippen LogP contribution in [0.15, 0.2) is 0 Å². The van der Waals surface area contributed by atoms with E-state index in [1.54, 1.807) is 13.2 Å². The molecule has 0 fully saturated rings. The minimum absolute atomic E-state index is 0.0961. The Labute approximate surface area is 110 Å². The Morgan fingerprint density at radius 1 is 1.22 bits per heavy atom. The van der Waals surface area contributed by atoms with E-state index in [0.29, 0.717) is 12.2 Å². The molecule has 3 N–H and O–H groups in total. The third-order valence-electron chi connectivity index (χ3n) is 2.71. The van der Waals surface area contributed by atoms with Crippen LogP contribution >= 0.6 is 0 Å². The van der Waals surface area contributed by atoms with Gasteiger partial charge in [-0.3, -0.25) is 9.00 Å². The van der Waals surface area contributed by atoms with Crippen molar-refractivity contribution >= 4 is 22.8 Å². The average Bonchev–Trinajstić information content (AvgIpc) is 2.24. The highest BCUT2D eigenvalue weighted by atomic mass is 32.2. The molecule has 0 saturated carbocycles. The smallest absolute Gasteiger partial charge is 0.315 e. The number of rotatable bonds is 7. The summed E-state index contributed by atoms with van der Waals surface area (Å²) in [5.74, 6) is -1.06. The predicted octanol–water partition coefficient (Wildman–Crippen LogP) is 0.552. The van der Waals surface area contributed by atoms with Crippen LogP contribution in [-0.4, -0.2) is 45.4 Å². The molecule has 0 aliphatic heterocycles. The number of carbonyl (C=O) groups excluding carboxylic acids is 1. The van der Waals surface area contributed by atoms with Gasteiger partial charge < -0.3 is 15.7 Å². The van der Waals surface area contributed by atoms with E-state index in [1.165, 1.54) is 6.92 Å². The van der Waals surface area contributed by atoms with Crippen molar-refractivity contribution in [3.05, 3.63) is 0 Å². The van der Waals surface area contributed by atoms with Crippen molar-refractivity contribution in [1.82, 2.24) is 10.6 Å². The summed E-state index contributed by atoms with van der Waals surface area (Å²) in [4.78, 5) is 22.3. The summed E-state index contributed by atoms with van der Waals surface area (Å²) in [6, 6.07) is -0.943. The van der Waals surface area contributed by atoms with Gasteiger partial charge in [0, 0.05) is 34.9 Å². The SMILES string of the molecule is CC(CCS(C)=O)NC(=O)NC(C)C(C)C(=O)O. The number of urea groups is 1. The number of nitrogens with one attached hydrogen (secondary N) is 2. The quantitative estimate of drug-likeness (QED) is 0.634. The number of carbonyl (C=O) groups is 2. The minimum Gasteiger partial charge on any atom is -0.481 e. The van der Waals surface area contributed by atoms with Crippen molar-refractivity contribution in [3.8, 4) is 0 Å². The third-order valence-corrected chi connectivity index (χ3v) is 3.52. The third kappa shape index (κ3) is 7.26. The van der Waals surface area contributed by atoms with Crippen LogP contribution in [-0.2, 0) is 15.6 Å². The molecule has 2 amide bonds. The fourth-order valence-corrected chi connectivity index (χ4v) is 1.91. The van der Waals surface area contributed by atoms with Gasteiger partial charge in [-0.2, -0.15) is 0 Å². The van der Waals surface area contributed by atoms with Gasteiger partial charge in [0.1, 0.15) is 0 Å². The predicted molar refractivity (Wildman–Crippen MR) is 70.9 cm³/mol. The molecular formula is C11H22N2O4S. The van der Waals surface area contributed by atoms with E-state index in [4.69, 9.17) is 5.11 Å². The van der Waals surface area contributed by atoms with Crippen molar-refractivity contribution < 1.29 is 18.9 Å². The first-order valence-corrected chi connectivity index (χ1v) is 7.56. The van der Waals surface area contributed by atoms with E-state index in [0.717, 1.165) is 0 Å². The number of hydrogen-bond acceptors (Lipinski definition) is 3. The Hall–Kier alpha value is -1.11. The van der Waals surface area contributed by atoms with Crippen LogP contribution in [0.1, 0.15) is 27.2 Å². The van der Waals surface area contributed by atoms with Crippen molar-refractivity contribution in [2.24, 2.45) is 5.92 Å². The molecule has 4 unspecified atom stereocenters. The Morgan fingerprint density at radius 3 is 2.22 bits per heavy atom. The molecule has 0 aliphatic carbocycles. The molecule has 0 aromatic carbocycles. The topological polar surface area (TPSA) is 95.5 Å². The summed E-state index contributed by atoms with van der Waals surface area (Å²) in [5.41, 5.74) is 0. The second-order valence-corrected chi connectivity index (χ2v) is 6.06. The zero-order valence-electron chi connectivity index (χ0n) is 11.2. The molecule has 0 saturated heterocycles. The molecule has 0 rings (SSSR count). The Bertz CT molecular complexity index is 322. The van der Waals surface area contributed by atoms with Crippen LogP contribution in [0.4, 0.5) is 4.79 Å². The van der Waals surface area contributed by atoms with Gasteiger partial charge in [0.05, 0.1) is 5.92 Å². The number of aliphatic carboxylic acids is 1. The average molecular weight is 278 g/mol. The molecule has 0 bridgehead atoms. The number of amides is 2. The Morgan fingerprint density at radius 2 is 1.78 bits per heavy atom. The van der Waals surface area contributed by atoms with Gasteiger partial charge in [0.25, 0.3) is 0 Å². The van der Waals surface area contributed by atoms with Gasteiger partial charge >= 0.3 is 12.0 Å². The lowest BCUT2D eigenvalue weighted by Crippen LogP contribution is -2.47. The molecule has 4 atom stereocenters. The molecule has 0 heterocycles. The standard InChI is InChI=1S/C11H22N2O4S/c1-7(5-6-18(4)17)12-11(16)13-9(3)8(2)10(14)15/h7-9H,5-6H2,1-4H3,(H,14,15)(H2,12,13,16). The van der Waals surface area contributed by atoms with E-state index >= 15 is 0 Å². The summed E-state index contributed by atoms with van der Waals surface area (Å²) in [6.07, 6.45) is 2.24. The zero-order valence-corrected chi connectivity index (χ0v) is 12.0. The molecule has 7 heteroatoms.